The van der Waals surface area contributed by atoms with Gasteiger partial charge in [-0.2, -0.15) is 5.10 Å². The van der Waals surface area contributed by atoms with Gasteiger partial charge in [-0.05, 0) is 39.7 Å². The zero-order chi connectivity index (χ0) is 22.2. The number of fused-ring (bicyclic) bond motifs is 1. The van der Waals surface area contributed by atoms with Crippen molar-refractivity contribution < 1.29 is 14.3 Å². The number of carbonyl (C=O) groups excluding carboxylic acids is 1. The molecule has 3 aromatic heterocycles. The summed E-state index contributed by atoms with van der Waals surface area (Å²) in [5.74, 6) is 0.636. The van der Waals surface area contributed by atoms with Crippen LogP contribution in [0.4, 0.5) is 4.79 Å². The van der Waals surface area contributed by atoms with Gasteiger partial charge in [0.15, 0.2) is 0 Å². The summed E-state index contributed by atoms with van der Waals surface area (Å²) in [5.41, 5.74) is 2.40. The van der Waals surface area contributed by atoms with E-state index in [9.17, 15) is 9.59 Å². The van der Waals surface area contributed by atoms with Crippen LogP contribution in [0.2, 0.25) is 0 Å². The van der Waals surface area contributed by atoms with Crippen molar-refractivity contribution in [2.24, 2.45) is 0 Å². The van der Waals surface area contributed by atoms with E-state index in [2.05, 4.69) is 15.1 Å². The maximum absolute atomic E-state index is 12.4. The minimum Gasteiger partial charge on any atom is -0.481 e. The summed E-state index contributed by atoms with van der Waals surface area (Å²) >= 11 is 0. The molecule has 164 valence electrons. The number of hydrogen-bond donors (Lipinski definition) is 1. The van der Waals surface area contributed by atoms with E-state index < -0.39 is 5.60 Å². The van der Waals surface area contributed by atoms with Crippen molar-refractivity contribution >= 4 is 11.7 Å². The molecule has 4 rings (SSSR count). The molecule has 1 amide bonds. The summed E-state index contributed by atoms with van der Waals surface area (Å²) in [6.07, 6.45) is 4.60. The largest absolute Gasteiger partial charge is 0.481 e. The van der Waals surface area contributed by atoms with Crippen LogP contribution in [-0.2, 0) is 4.74 Å². The Balaban J connectivity index is 1.59. The van der Waals surface area contributed by atoms with Crippen molar-refractivity contribution in [1.82, 2.24) is 24.5 Å². The lowest BCUT2D eigenvalue weighted by molar-refractivity contribution is 0.0203. The van der Waals surface area contributed by atoms with Gasteiger partial charge >= 0.3 is 6.09 Å². The van der Waals surface area contributed by atoms with Crippen molar-refractivity contribution in [3.05, 3.63) is 46.6 Å². The Morgan fingerprint density at radius 3 is 2.55 bits per heavy atom. The number of aromatic amines is 1. The van der Waals surface area contributed by atoms with Crippen LogP contribution >= 0.6 is 0 Å². The molecule has 0 bridgehead atoms. The van der Waals surface area contributed by atoms with E-state index in [-0.39, 0.29) is 17.6 Å². The second-order valence-corrected chi connectivity index (χ2v) is 8.71. The molecule has 1 aliphatic rings. The van der Waals surface area contributed by atoms with E-state index in [0.717, 1.165) is 29.7 Å². The molecule has 0 unspecified atom stereocenters. The first-order valence-electron chi connectivity index (χ1n) is 10.3. The number of hydrogen-bond acceptors (Lipinski definition) is 6. The molecule has 9 nitrogen and oxygen atoms in total. The molecule has 4 heterocycles. The summed E-state index contributed by atoms with van der Waals surface area (Å²) in [6, 6.07) is 5.25. The molecule has 0 spiro atoms. The van der Waals surface area contributed by atoms with Gasteiger partial charge in [0, 0.05) is 48.5 Å². The van der Waals surface area contributed by atoms with Gasteiger partial charge in [-0.1, -0.05) is 0 Å². The Bertz CT molecular complexity index is 1140. The van der Waals surface area contributed by atoms with E-state index in [1.165, 1.54) is 0 Å². The number of piperidine rings is 1. The lowest BCUT2D eigenvalue weighted by atomic mass is 9.93. The molecule has 0 atom stereocenters. The van der Waals surface area contributed by atoms with Crippen LogP contribution in [0, 0.1) is 0 Å². The highest BCUT2D eigenvalue weighted by atomic mass is 16.6. The van der Waals surface area contributed by atoms with Crippen molar-refractivity contribution in [1.29, 1.82) is 0 Å². The molecule has 1 N–H and O–H groups in total. The van der Waals surface area contributed by atoms with Crippen molar-refractivity contribution in [3.63, 3.8) is 0 Å². The third kappa shape index (κ3) is 4.40. The SMILES string of the molecule is COc1ccc(-c2cnn3c(C4CCN(C(=O)OC(C)(C)C)CC4)cc(=O)[nH]c23)cn1. The number of pyridine rings is 1. The second kappa shape index (κ2) is 8.05. The number of aromatic nitrogens is 4. The van der Waals surface area contributed by atoms with Crippen LogP contribution in [-0.4, -0.2) is 56.4 Å². The topological polar surface area (TPSA) is 102 Å². The summed E-state index contributed by atoms with van der Waals surface area (Å²) < 4.78 is 12.4. The number of methoxy groups -OCH3 is 1. The highest BCUT2D eigenvalue weighted by molar-refractivity contribution is 5.76. The number of ether oxygens (including phenoxy) is 2. The second-order valence-electron chi connectivity index (χ2n) is 8.71. The van der Waals surface area contributed by atoms with E-state index in [0.29, 0.717) is 24.6 Å². The smallest absolute Gasteiger partial charge is 0.410 e. The van der Waals surface area contributed by atoms with Gasteiger partial charge in [0.25, 0.3) is 5.56 Å². The normalized spacial score (nSPS) is 15.3. The molecule has 0 aromatic carbocycles. The third-order valence-electron chi connectivity index (χ3n) is 5.36. The van der Waals surface area contributed by atoms with Gasteiger partial charge in [0.05, 0.1) is 19.0 Å². The predicted octanol–water partition coefficient (Wildman–Crippen LogP) is 3.21. The fourth-order valence-electron chi connectivity index (χ4n) is 3.86. The van der Waals surface area contributed by atoms with Crippen LogP contribution in [0.3, 0.4) is 0 Å². The zero-order valence-corrected chi connectivity index (χ0v) is 18.2. The van der Waals surface area contributed by atoms with E-state index >= 15 is 0 Å². The fourth-order valence-corrected chi connectivity index (χ4v) is 3.86. The Hall–Kier alpha value is -3.36. The zero-order valence-electron chi connectivity index (χ0n) is 18.2. The van der Waals surface area contributed by atoms with Crippen LogP contribution in [0.5, 0.6) is 5.88 Å². The minimum atomic E-state index is -0.519. The lowest BCUT2D eigenvalue weighted by Gasteiger charge is -2.33. The van der Waals surface area contributed by atoms with Gasteiger partial charge in [0.1, 0.15) is 11.2 Å². The predicted molar refractivity (Wildman–Crippen MR) is 115 cm³/mol. The number of likely N-dealkylation sites (tertiary alicyclic amines) is 1. The average molecular weight is 425 g/mol. The van der Waals surface area contributed by atoms with E-state index in [1.807, 2.05) is 26.8 Å². The Labute approximate surface area is 180 Å². The molecule has 0 radical (unpaired) electrons. The minimum absolute atomic E-state index is 0.116. The Kier molecular flexibility index (Phi) is 5.43. The first-order valence-corrected chi connectivity index (χ1v) is 10.3. The van der Waals surface area contributed by atoms with E-state index in [1.54, 1.807) is 41.1 Å². The van der Waals surface area contributed by atoms with Crippen molar-refractivity contribution in [2.75, 3.05) is 20.2 Å². The molecule has 1 saturated heterocycles. The molecule has 31 heavy (non-hydrogen) atoms. The summed E-state index contributed by atoms with van der Waals surface area (Å²) in [5, 5.41) is 4.54. The number of rotatable bonds is 3. The monoisotopic (exact) mass is 425 g/mol. The highest BCUT2D eigenvalue weighted by Gasteiger charge is 2.29. The Morgan fingerprint density at radius 2 is 1.94 bits per heavy atom. The molecular weight excluding hydrogens is 398 g/mol. The molecule has 0 aliphatic carbocycles. The maximum atomic E-state index is 12.4. The summed E-state index contributed by atoms with van der Waals surface area (Å²) in [4.78, 5) is 33.7. The summed E-state index contributed by atoms with van der Waals surface area (Å²) in [6.45, 7) is 6.73. The molecule has 1 aliphatic heterocycles. The van der Waals surface area contributed by atoms with Gasteiger partial charge in [-0.25, -0.2) is 14.3 Å². The molecule has 3 aromatic rings. The highest BCUT2D eigenvalue weighted by Crippen LogP contribution is 2.30. The average Bonchev–Trinajstić information content (AvgIpc) is 3.16. The maximum Gasteiger partial charge on any atom is 0.410 e. The molecule has 0 saturated carbocycles. The van der Waals surface area contributed by atoms with Crippen LogP contribution in [0.1, 0.15) is 45.2 Å². The van der Waals surface area contributed by atoms with Gasteiger partial charge < -0.3 is 19.4 Å². The van der Waals surface area contributed by atoms with E-state index in [4.69, 9.17) is 9.47 Å². The fraction of sp³-hybridized carbons (Fsp3) is 0.455. The number of nitrogens with zero attached hydrogens (tertiary/aromatic N) is 4. The summed E-state index contributed by atoms with van der Waals surface area (Å²) in [7, 11) is 1.56. The van der Waals surface area contributed by atoms with Gasteiger partial charge in [-0.15, -0.1) is 0 Å². The Morgan fingerprint density at radius 1 is 1.19 bits per heavy atom. The first-order chi connectivity index (χ1) is 14.7. The van der Waals surface area contributed by atoms with Crippen LogP contribution in [0.25, 0.3) is 16.8 Å². The van der Waals surface area contributed by atoms with Crippen LogP contribution < -0.4 is 10.3 Å². The number of carbonyl (C=O) groups is 1. The van der Waals surface area contributed by atoms with Crippen LogP contribution in [0.15, 0.2) is 35.4 Å². The third-order valence-corrected chi connectivity index (χ3v) is 5.36. The first kappa shape index (κ1) is 20.9. The number of nitrogens with one attached hydrogen (secondary N) is 1. The van der Waals surface area contributed by atoms with Crippen molar-refractivity contribution in [2.45, 2.75) is 45.1 Å². The number of H-pyrrole nitrogens is 1. The van der Waals surface area contributed by atoms with Gasteiger partial charge in [-0.3, -0.25) is 4.79 Å². The number of amides is 1. The molecule has 9 heteroatoms. The molecule has 1 fully saturated rings. The van der Waals surface area contributed by atoms with Gasteiger partial charge in [0.2, 0.25) is 5.88 Å². The molecular formula is C22H27N5O4. The quantitative estimate of drug-likeness (QED) is 0.691. The lowest BCUT2D eigenvalue weighted by Crippen LogP contribution is -2.41. The van der Waals surface area contributed by atoms with Crippen molar-refractivity contribution in [3.8, 4) is 17.0 Å². The standard InChI is InChI=1S/C22H27N5O4/c1-22(2,3)31-21(29)26-9-7-14(8-10-26)17-11-18(28)25-20-16(13-24-27(17)20)15-5-6-19(30-4)23-12-15/h5-6,11-14H,7-10H2,1-4H3,(H,25,28).